The van der Waals surface area contributed by atoms with E-state index in [1.165, 1.54) is 12.8 Å². The lowest BCUT2D eigenvalue weighted by atomic mass is 10.0. The smallest absolute Gasteiger partial charge is 0.104 e. The Hall–Kier alpha value is -0.800. The summed E-state index contributed by atoms with van der Waals surface area (Å²) in [7, 11) is 1.73. The van der Waals surface area contributed by atoms with Crippen LogP contribution in [0.5, 0.6) is 0 Å². The molecule has 0 saturated heterocycles. The first-order valence-corrected chi connectivity index (χ1v) is 5.57. The van der Waals surface area contributed by atoms with E-state index in [9.17, 15) is 0 Å². The van der Waals surface area contributed by atoms with Gasteiger partial charge in [0.15, 0.2) is 0 Å². The average molecular weight is 209 g/mol. The molecule has 1 saturated carbocycles. The largest absolute Gasteiger partial charge is 0.469 e. The second-order valence-corrected chi connectivity index (χ2v) is 4.43. The lowest BCUT2D eigenvalue weighted by Crippen LogP contribution is -2.28. The summed E-state index contributed by atoms with van der Waals surface area (Å²) in [5, 5.41) is 3.43. The van der Waals surface area contributed by atoms with E-state index in [1.807, 2.05) is 6.07 Å². The molecule has 1 aromatic heterocycles. The van der Waals surface area contributed by atoms with Crippen LogP contribution in [0.3, 0.4) is 0 Å². The van der Waals surface area contributed by atoms with Crippen molar-refractivity contribution in [3.63, 3.8) is 0 Å². The molecule has 0 spiro atoms. The second kappa shape index (κ2) is 4.81. The van der Waals surface area contributed by atoms with Crippen LogP contribution < -0.4 is 5.32 Å². The monoisotopic (exact) mass is 209 g/mol. The number of furan rings is 1. The zero-order valence-corrected chi connectivity index (χ0v) is 9.29. The van der Waals surface area contributed by atoms with Crippen LogP contribution in [-0.4, -0.2) is 26.8 Å². The first kappa shape index (κ1) is 10.7. The van der Waals surface area contributed by atoms with Crippen molar-refractivity contribution in [3.05, 3.63) is 24.2 Å². The van der Waals surface area contributed by atoms with Crippen molar-refractivity contribution < 1.29 is 9.15 Å². The van der Waals surface area contributed by atoms with E-state index in [0.717, 1.165) is 31.9 Å². The SMILES string of the molecule is COCCNCC1(Cc2ccco2)CC1. The van der Waals surface area contributed by atoms with Gasteiger partial charge < -0.3 is 14.5 Å². The van der Waals surface area contributed by atoms with Gasteiger partial charge >= 0.3 is 0 Å². The van der Waals surface area contributed by atoms with Crippen molar-refractivity contribution in [1.82, 2.24) is 5.32 Å². The molecule has 0 amide bonds. The fourth-order valence-electron chi connectivity index (χ4n) is 1.90. The van der Waals surface area contributed by atoms with Crippen LogP contribution in [0.15, 0.2) is 22.8 Å². The van der Waals surface area contributed by atoms with E-state index in [2.05, 4.69) is 11.4 Å². The van der Waals surface area contributed by atoms with Crippen molar-refractivity contribution in [2.75, 3.05) is 26.8 Å². The molecular formula is C12H19NO2. The maximum absolute atomic E-state index is 5.38. The van der Waals surface area contributed by atoms with E-state index in [0.29, 0.717) is 5.41 Å². The molecule has 0 aromatic carbocycles. The molecule has 0 bridgehead atoms. The van der Waals surface area contributed by atoms with Gasteiger partial charge in [-0.2, -0.15) is 0 Å². The minimum absolute atomic E-state index is 0.464. The highest BCUT2D eigenvalue weighted by Crippen LogP contribution is 2.47. The van der Waals surface area contributed by atoms with Crippen LogP contribution in [0.2, 0.25) is 0 Å². The molecule has 1 aliphatic rings. The van der Waals surface area contributed by atoms with Gasteiger partial charge in [-0.25, -0.2) is 0 Å². The van der Waals surface area contributed by atoms with Gasteiger partial charge in [0, 0.05) is 26.6 Å². The molecule has 1 fully saturated rings. The van der Waals surface area contributed by atoms with Gasteiger partial charge in [-0.15, -0.1) is 0 Å². The number of hydrogen-bond donors (Lipinski definition) is 1. The van der Waals surface area contributed by atoms with E-state index < -0.39 is 0 Å². The average Bonchev–Trinajstić information content (AvgIpc) is 2.79. The Bertz CT molecular complexity index is 278. The molecule has 2 rings (SSSR count). The summed E-state index contributed by atoms with van der Waals surface area (Å²) in [6, 6.07) is 4.03. The van der Waals surface area contributed by atoms with Gasteiger partial charge in [-0.1, -0.05) is 0 Å². The maximum Gasteiger partial charge on any atom is 0.104 e. The third kappa shape index (κ3) is 3.08. The summed E-state index contributed by atoms with van der Waals surface area (Å²) < 4.78 is 10.4. The molecule has 1 aliphatic carbocycles. The standard InChI is InChI=1S/C12H19NO2/c1-14-8-6-13-10-12(4-5-12)9-11-3-2-7-15-11/h2-3,7,13H,4-6,8-10H2,1H3. The molecule has 0 unspecified atom stereocenters. The molecule has 84 valence electrons. The Labute approximate surface area is 90.8 Å². The fraction of sp³-hybridized carbons (Fsp3) is 0.667. The molecule has 0 atom stereocenters. The first-order valence-electron chi connectivity index (χ1n) is 5.57. The quantitative estimate of drug-likeness (QED) is 0.696. The zero-order valence-electron chi connectivity index (χ0n) is 9.29. The fourth-order valence-corrected chi connectivity index (χ4v) is 1.90. The van der Waals surface area contributed by atoms with Crippen molar-refractivity contribution >= 4 is 0 Å². The Morgan fingerprint density at radius 3 is 3.00 bits per heavy atom. The number of nitrogens with one attached hydrogen (secondary N) is 1. The van der Waals surface area contributed by atoms with Crippen molar-refractivity contribution in [1.29, 1.82) is 0 Å². The van der Waals surface area contributed by atoms with Gasteiger partial charge in [0.05, 0.1) is 12.9 Å². The van der Waals surface area contributed by atoms with E-state index >= 15 is 0 Å². The molecule has 1 N–H and O–H groups in total. The zero-order chi connectivity index (χ0) is 10.6. The van der Waals surface area contributed by atoms with Crippen molar-refractivity contribution in [2.24, 2.45) is 5.41 Å². The molecule has 0 aliphatic heterocycles. The van der Waals surface area contributed by atoms with Gasteiger partial charge in [0.2, 0.25) is 0 Å². The molecule has 1 heterocycles. The van der Waals surface area contributed by atoms with E-state index in [1.54, 1.807) is 13.4 Å². The van der Waals surface area contributed by atoms with Crippen molar-refractivity contribution in [3.8, 4) is 0 Å². The molecule has 0 radical (unpaired) electrons. The third-order valence-corrected chi connectivity index (χ3v) is 3.07. The normalized spacial score (nSPS) is 17.9. The number of methoxy groups -OCH3 is 1. The Morgan fingerprint density at radius 2 is 2.40 bits per heavy atom. The van der Waals surface area contributed by atoms with Crippen LogP contribution in [0.1, 0.15) is 18.6 Å². The lowest BCUT2D eigenvalue weighted by Gasteiger charge is -2.14. The van der Waals surface area contributed by atoms with Crippen LogP contribution in [-0.2, 0) is 11.2 Å². The Kier molecular flexibility index (Phi) is 3.44. The van der Waals surface area contributed by atoms with Crippen LogP contribution >= 0.6 is 0 Å². The summed E-state index contributed by atoms with van der Waals surface area (Å²) >= 11 is 0. The van der Waals surface area contributed by atoms with Gasteiger partial charge in [-0.05, 0) is 30.4 Å². The summed E-state index contributed by atoms with van der Waals surface area (Å²) in [6.45, 7) is 2.81. The summed E-state index contributed by atoms with van der Waals surface area (Å²) in [5.74, 6) is 1.11. The highest BCUT2D eigenvalue weighted by atomic mass is 16.5. The van der Waals surface area contributed by atoms with Gasteiger partial charge in [-0.3, -0.25) is 0 Å². The molecule has 1 aromatic rings. The van der Waals surface area contributed by atoms with Crippen LogP contribution in [0.4, 0.5) is 0 Å². The summed E-state index contributed by atoms with van der Waals surface area (Å²) in [4.78, 5) is 0. The number of ether oxygens (including phenoxy) is 1. The molecule has 15 heavy (non-hydrogen) atoms. The minimum Gasteiger partial charge on any atom is -0.469 e. The topological polar surface area (TPSA) is 34.4 Å². The lowest BCUT2D eigenvalue weighted by molar-refractivity contribution is 0.197. The number of hydrogen-bond acceptors (Lipinski definition) is 3. The highest BCUT2D eigenvalue weighted by Gasteiger charge is 2.42. The van der Waals surface area contributed by atoms with E-state index in [4.69, 9.17) is 9.15 Å². The molecular weight excluding hydrogens is 190 g/mol. The predicted octanol–water partition coefficient (Wildman–Crippen LogP) is 1.84. The van der Waals surface area contributed by atoms with Gasteiger partial charge in [0.1, 0.15) is 5.76 Å². The summed E-state index contributed by atoms with van der Waals surface area (Å²) in [5.41, 5.74) is 0.464. The number of rotatable bonds is 7. The maximum atomic E-state index is 5.38. The predicted molar refractivity (Wildman–Crippen MR) is 58.8 cm³/mol. The van der Waals surface area contributed by atoms with E-state index in [-0.39, 0.29) is 0 Å². The van der Waals surface area contributed by atoms with Crippen LogP contribution in [0, 0.1) is 5.41 Å². The summed E-state index contributed by atoms with van der Waals surface area (Å²) in [6.07, 6.45) is 5.45. The molecule has 3 nitrogen and oxygen atoms in total. The second-order valence-electron chi connectivity index (χ2n) is 4.43. The third-order valence-electron chi connectivity index (χ3n) is 3.07. The van der Waals surface area contributed by atoms with Crippen molar-refractivity contribution in [2.45, 2.75) is 19.3 Å². The highest BCUT2D eigenvalue weighted by molar-refractivity contribution is 5.07. The molecule has 3 heteroatoms. The Balaban J connectivity index is 1.71. The van der Waals surface area contributed by atoms with Gasteiger partial charge in [0.25, 0.3) is 0 Å². The van der Waals surface area contributed by atoms with Crippen LogP contribution in [0.25, 0.3) is 0 Å². The minimum atomic E-state index is 0.464. The first-order chi connectivity index (χ1) is 7.35. The Morgan fingerprint density at radius 1 is 1.53 bits per heavy atom.